The third-order valence-electron chi connectivity index (χ3n) is 3.01. The second kappa shape index (κ2) is 4.31. The summed E-state index contributed by atoms with van der Waals surface area (Å²) in [7, 11) is 0. The molecule has 0 saturated carbocycles. The van der Waals surface area contributed by atoms with Crippen molar-refractivity contribution in [2.24, 2.45) is 0 Å². The summed E-state index contributed by atoms with van der Waals surface area (Å²) in [5.41, 5.74) is 1.17. The lowest BCUT2D eigenvalue weighted by Crippen LogP contribution is -1.93. The number of phenols is 3. The number of benzene rings is 2. The van der Waals surface area contributed by atoms with Gasteiger partial charge in [0.2, 0.25) is 0 Å². The topological polar surface area (TPSA) is 87.0 Å². The number of fused-ring (bicyclic) bond motifs is 1. The van der Waals surface area contributed by atoms with E-state index in [9.17, 15) is 20.1 Å². The molecule has 0 fully saturated rings. The molecule has 5 nitrogen and oxygen atoms in total. The van der Waals surface area contributed by atoms with E-state index in [4.69, 9.17) is 4.74 Å². The van der Waals surface area contributed by atoms with Crippen LogP contribution in [0, 0.1) is 0 Å². The summed E-state index contributed by atoms with van der Waals surface area (Å²) in [6.45, 7) is 0. The van der Waals surface area contributed by atoms with Gasteiger partial charge in [0.05, 0.1) is 0 Å². The van der Waals surface area contributed by atoms with Crippen LogP contribution in [0.3, 0.4) is 0 Å². The normalized spacial score (nSPS) is 15.2. The average Bonchev–Trinajstić information content (AvgIpc) is 2.72. The molecule has 0 radical (unpaired) electrons. The van der Waals surface area contributed by atoms with Crippen LogP contribution in [0.25, 0.3) is 11.8 Å². The lowest BCUT2D eigenvalue weighted by Gasteiger charge is -2.01. The molecule has 0 unspecified atom stereocenters. The first-order valence-corrected chi connectivity index (χ1v) is 5.84. The highest BCUT2D eigenvalue weighted by Crippen LogP contribution is 2.36. The molecular formula is C15H10O5. The Kier molecular flexibility index (Phi) is 2.61. The molecular weight excluding hydrogens is 260 g/mol. The van der Waals surface area contributed by atoms with Crippen molar-refractivity contribution < 1.29 is 24.9 Å². The summed E-state index contributed by atoms with van der Waals surface area (Å²) in [4.78, 5) is 11.7. The number of carbonyl (C=O) groups is 1. The minimum Gasteiger partial charge on any atom is -0.507 e. The molecule has 0 spiro atoms. The van der Waals surface area contributed by atoms with Gasteiger partial charge in [0.1, 0.15) is 17.1 Å². The molecule has 0 aromatic heterocycles. The van der Waals surface area contributed by atoms with Gasteiger partial charge in [-0.25, -0.2) is 4.79 Å². The van der Waals surface area contributed by atoms with Crippen molar-refractivity contribution in [3.05, 3.63) is 53.1 Å². The molecule has 5 heteroatoms. The number of cyclic esters (lactones) is 1. The van der Waals surface area contributed by atoms with E-state index >= 15 is 0 Å². The molecule has 1 aliphatic rings. The number of phenolic OH excluding ortho intramolecular Hbond substituents is 3. The van der Waals surface area contributed by atoms with E-state index in [2.05, 4.69) is 0 Å². The Balaban J connectivity index is 2.09. The lowest BCUT2D eigenvalue weighted by molar-refractivity contribution is 0.0714. The van der Waals surface area contributed by atoms with Gasteiger partial charge in [0.25, 0.3) is 0 Å². The Morgan fingerprint density at radius 3 is 2.50 bits per heavy atom. The van der Waals surface area contributed by atoms with Crippen molar-refractivity contribution in [3.8, 4) is 17.2 Å². The Hall–Kier alpha value is -2.95. The molecule has 0 aliphatic carbocycles. The van der Waals surface area contributed by atoms with Crippen LogP contribution in [0.4, 0.5) is 0 Å². The predicted molar refractivity (Wildman–Crippen MR) is 71.2 cm³/mol. The zero-order valence-electron chi connectivity index (χ0n) is 10.2. The molecule has 0 amide bonds. The van der Waals surface area contributed by atoms with Gasteiger partial charge in [-0.1, -0.05) is 18.2 Å². The van der Waals surface area contributed by atoms with Crippen molar-refractivity contribution in [3.63, 3.8) is 0 Å². The van der Waals surface area contributed by atoms with Crippen LogP contribution in [0.15, 0.2) is 36.4 Å². The molecule has 100 valence electrons. The molecule has 2 aromatic rings. The number of rotatable bonds is 1. The van der Waals surface area contributed by atoms with Crippen LogP contribution < -0.4 is 0 Å². The maximum atomic E-state index is 11.7. The molecule has 0 saturated heterocycles. The summed E-state index contributed by atoms with van der Waals surface area (Å²) >= 11 is 0. The first-order valence-electron chi connectivity index (χ1n) is 5.84. The molecule has 1 heterocycles. The van der Waals surface area contributed by atoms with Crippen molar-refractivity contribution in [1.82, 2.24) is 0 Å². The molecule has 20 heavy (non-hydrogen) atoms. The van der Waals surface area contributed by atoms with Crippen LogP contribution in [0.1, 0.15) is 21.5 Å². The summed E-state index contributed by atoms with van der Waals surface area (Å²) in [6, 6.07) is 8.93. The largest absolute Gasteiger partial charge is 0.507 e. The van der Waals surface area contributed by atoms with E-state index in [1.165, 1.54) is 18.2 Å². The maximum Gasteiger partial charge on any atom is 0.348 e. The van der Waals surface area contributed by atoms with Gasteiger partial charge in [0, 0.05) is 5.56 Å². The Bertz CT molecular complexity index is 746. The highest BCUT2D eigenvalue weighted by molar-refractivity contribution is 6.07. The first-order chi connectivity index (χ1) is 9.56. The smallest absolute Gasteiger partial charge is 0.348 e. The maximum absolute atomic E-state index is 11.7. The standard InChI is InChI=1S/C15H10O5/c16-10-5-4-8(6-12(10)18)7-13-9-2-1-3-11(17)14(9)15(19)20-13/h1-7,16-18H. The molecule has 1 aliphatic heterocycles. The molecule has 3 rings (SSSR count). The van der Waals surface area contributed by atoms with E-state index in [0.29, 0.717) is 11.1 Å². The van der Waals surface area contributed by atoms with Gasteiger partial charge in [-0.3, -0.25) is 0 Å². The van der Waals surface area contributed by atoms with E-state index in [0.717, 1.165) is 0 Å². The highest BCUT2D eigenvalue weighted by atomic mass is 16.5. The van der Waals surface area contributed by atoms with Crippen molar-refractivity contribution in [1.29, 1.82) is 0 Å². The van der Waals surface area contributed by atoms with Crippen molar-refractivity contribution in [2.75, 3.05) is 0 Å². The zero-order valence-corrected chi connectivity index (χ0v) is 10.2. The first kappa shape index (κ1) is 12.1. The molecule has 0 atom stereocenters. The van der Waals surface area contributed by atoms with Crippen molar-refractivity contribution in [2.45, 2.75) is 0 Å². The van der Waals surface area contributed by atoms with E-state index in [1.54, 1.807) is 24.3 Å². The number of ether oxygens (including phenoxy) is 1. The number of carbonyl (C=O) groups excluding carboxylic acids is 1. The highest BCUT2D eigenvalue weighted by Gasteiger charge is 2.29. The number of esters is 1. The fourth-order valence-corrected chi connectivity index (χ4v) is 2.05. The molecule has 0 bridgehead atoms. The average molecular weight is 270 g/mol. The van der Waals surface area contributed by atoms with Gasteiger partial charge >= 0.3 is 5.97 Å². The van der Waals surface area contributed by atoms with Crippen LogP contribution in [-0.4, -0.2) is 21.3 Å². The van der Waals surface area contributed by atoms with Crippen LogP contribution in [-0.2, 0) is 4.74 Å². The van der Waals surface area contributed by atoms with Crippen LogP contribution >= 0.6 is 0 Å². The minimum atomic E-state index is -0.618. The second-order valence-corrected chi connectivity index (χ2v) is 4.35. The van der Waals surface area contributed by atoms with E-state index in [1.807, 2.05) is 0 Å². The summed E-state index contributed by atoms with van der Waals surface area (Å²) < 4.78 is 5.10. The molecule has 3 N–H and O–H groups in total. The quantitative estimate of drug-likeness (QED) is 0.547. The third kappa shape index (κ3) is 1.85. The zero-order chi connectivity index (χ0) is 14.3. The second-order valence-electron chi connectivity index (χ2n) is 4.35. The molecule has 2 aromatic carbocycles. The Labute approximate surface area is 114 Å². The number of aromatic hydroxyl groups is 3. The predicted octanol–water partition coefficient (Wildman–Crippen LogP) is 2.47. The van der Waals surface area contributed by atoms with Crippen LogP contribution in [0.2, 0.25) is 0 Å². The fraction of sp³-hybridized carbons (Fsp3) is 0. The fourth-order valence-electron chi connectivity index (χ4n) is 2.05. The van der Waals surface area contributed by atoms with Gasteiger partial charge in [-0.15, -0.1) is 0 Å². The Morgan fingerprint density at radius 1 is 0.950 bits per heavy atom. The summed E-state index contributed by atoms with van der Waals surface area (Å²) in [5, 5.41) is 28.4. The minimum absolute atomic E-state index is 0.127. The van der Waals surface area contributed by atoms with Crippen molar-refractivity contribution >= 4 is 17.8 Å². The van der Waals surface area contributed by atoms with Gasteiger partial charge in [-0.05, 0) is 29.8 Å². The Morgan fingerprint density at radius 2 is 1.75 bits per heavy atom. The number of hydrogen-bond donors (Lipinski definition) is 3. The SMILES string of the molecule is O=C1OC(=Cc2ccc(O)c(O)c2)c2cccc(O)c21. The van der Waals surface area contributed by atoms with E-state index in [-0.39, 0.29) is 28.6 Å². The monoisotopic (exact) mass is 270 g/mol. The van der Waals surface area contributed by atoms with E-state index < -0.39 is 5.97 Å². The van der Waals surface area contributed by atoms with Gasteiger partial charge in [-0.2, -0.15) is 0 Å². The summed E-state index contributed by atoms with van der Waals surface area (Å²) in [6.07, 6.45) is 1.54. The van der Waals surface area contributed by atoms with Gasteiger partial charge < -0.3 is 20.1 Å². The number of hydrogen-bond acceptors (Lipinski definition) is 5. The van der Waals surface area contributed by atoms with Gasteiger partial charge in [0.15, 0.2) is 11.5 Å². The summed E-state index contributed by atoms with van der Waals surface area (Å²) in [5.74, 6) is -0.962. The lowest BCUT2D eigenvalue weighted by atomic mass is 10.1. The third-order valence-corrected chi connectivity index (χ3v) is 3.01. The van der Waals surface area contributed by atoms with Crippen LogP contribution in [0.5, 0.6) is 17.2 Å².